The average Bonchev–Trinajstić information content (AvgIpc) is 2.83. The van der Waals surface area contributed by atoms with Crippen LogP contribution in [0.15, 0.2) is 6.20 Å². The van der Waals surface area contributed by atoms with E-state index in [0.717, 1.165) is 38.5 Å². The van der Waals surface area contributed by atoms with Crippen LogP contribution in [0.4, 0.5) is 5.82 Å². The minimum Gasteiger partial charge on any atom is -0.469 e. The molecule has 1 fully saturated rings. The van der Waals surface area contributed by atoms with Crippen molar-refractivity contribution in [2.24, 2.45) is 7.05 Å². The van der Waals surface area contributed by atoms with Gasteiger partial charge in [-0.25, -0.2) is 4.68 Å². The van der Waals surface area contributed by atoms with Gasteiger partial charge in [0.25, 0.3) is 0 Å². The van der Waals surface area contributed by atoms with Crippen LogP contribution in [0.5, 0.6) is 0 Å². The van der Waals surface area contributed by atoms with Gasteiger partial charge in [-0.15, -0.1) is 5.10 Å². The molecule has 2 heterocycles. The fourth-order valence-electron chi connectivity index (χ4n) is 2.12. The first-order valence-electron chi connectivity index (χ1n) is 6.09. The number of ether oxygens (including phenoxy) is 1. The molecule has 1 aliphatic heterocycles. The molecule has 0 aliphatic carbocycles. The number of rotatable bonds is 4. The maximum atomic E-state index is 11.1. The lowest BCUT2D eigenvalue weighted by Crippen LogP contribution is -2.47. The summed E-state index contributed by atoms with van der Waals surface area (Å²) in [6.45, 7) is 4.53. The van der Waals surface area contributed by atoms with E-state index < -0.39 is 0 Å². The first kappa shape index (κ1) is 12.8. The van der Waals surface area contributed by atoms with Crippen molar-refractivity contribution in [1.29, 1.82) is 0 Å². The standard InChI is InChI=1S/C11H19N5O2/c1-14-10(9-12-13-14)16-7-5-15(6-8-16)4-3-11(17)18-2/h9H,3-8H2,1-2H3. The van der Waals surface area contributed by atoms with E-state index in [1.54, 1.807) is 10.9 Å². The minimum absolute atomic E-state index is 0.145. The summed E-state index contributed by atoms with van der Waals surface area (Å²) in [7, 11) is 3.32. The molecule has 7 nitrogen and oxygen atoms in total. The van der Waals surface area contributed by atoms with Crippen molar-refractivity contribution in [2.75, 3.05) is 44.7 Å². The van der Waals surface area contributed by atoms with Crippen molar-refractivity contribution in [3.8, 4) is 0 Å². The lowest BCUT2D eigenvalue weighted by atomic mass is 10.3. The third-order valence-corrected chi connectivity index (χ3v) is 3.25. The molecule has 1 saturated heterocycles. The Labute approximate surface area is 106 Å². The van der Waals surface area contributed by atoms with Crippen molar-refractivity contribution < 1.29 is 9.53 Å². The van der Waals surface area contributed by atoms with E-state index in [1.165, 1.54) is 7.11 Å². The van der Waals surface area contributed by atoms with E-state index in [9.17, 15) is 4.79 Å². The molecule has 0 unspecified atom stereocenters. The van der Waals surface area contributed by atoms with Gasteiger partial charge in [-0.1, -0.05) is 5.21 Å². The van der Waals surface area contributed by atoms with Gasteiger partial charge >= 0.3 is 5.97 Å². The summed E-state index contributed by atoms with van der Waals surface area (Å²) < 4.78 is 6.42. The Morgan fingerprint density at radius 2 is 2.11 bits per heavy atom. The number of aromatic nitrogens is 3. The molecule has 0 aromatic carbocycles. The van der Waals surface area contributed by atoms with Crippen LogP contribution in [0.3, 0.4) is 0 Å². The summed E-state index contributed by atoms with van der Waals surface area (Å²) in [5.74, 6) is 0.899. The Hall–Kier alpha value is -1.63. The predicted molar refractivity (Wildman–Crippen MR) is 66.3 cm³/mol. The second kappa shape index (κ2) is 5.81. The van der Waals surface area contributed by atoms with Crippen molar-refractivity contribution >= 4 is 11.8 Å². The molecule has 0 spiro atoms. The van der Waals surface area contributed by atoms with Crippen LogP contribution in [0, 0.1) is 0 Å². The number of carbonyl (C=O) groups is 1. The van der Waals surface area contributed by atoms with E-state index in [1.807, 2.05) is 7.05 Å². The van der Waals surface area contributed by atoms with E-state index in [2.05, 4.69) is 24.8 Å². The van der Waals surface area contributed by atoms with Crippen LogP contribution >= 0.6 is 0 Å². The smallest absolute Gasteiger partial charge is 0.306 e. The lowest BCUT2D eigenvalue weighted by molar-refractivity contribution is -0.141. The molecular formula is C11H19N5O2. The first-order valence-corrected chi connectivity index (χ1v) is 6.09. The second-order valence-electron chi connectivity index (χ2n) is 4.37. The molecule has 0 atom stereocenters. The van der Waals surface area contributed by atoms with E-state index >= 15 is 0 Å². The molecule has 1 aromatic rings. The van der Waals surface area contributed by atoms with Crippen molar-refractivity contribution in [3.63, 3.8) is 0 Å². The van der Waals surface area contributed by atoms with Crippen LogP contribution in [-0.2, 0) is 16.6 Å². The summed E-state index contributed by atoms with van der Waals surface area (Å²) >= 11 is 0. The summed E-state index contributed by atoms with van der Waals surface area (Å²) in [5.41, 5.74) is 0. The number of nitrogens with zero attached hydrogens (tertiary/aromatic N) is 5. The van der Waals surface area contributed by atoms with Gasteiger partial charge in [0.2, 0.25) is 0 Å². The SMILES string of the molecule is COC(=O)CCN1CCN(c2cnnn2C)CC1. The average molecular weight is 253 g/mol. The van der Waals surface area contributed by atoms with Crippen LogP contribution in [-0.4, -0.2) is 65.7 Å². The van der Waals surface area contributed by atoms with Gasteiger partial charge in [-0.05, 0) is 0 Å². The van der Waals surface area contributed by atoms with Gasteiger partial charge in [0, 0.05) is 39.8 Å². The number of carbonyl (C=O) groups excluding carboxylic acids is 1. The molecule has 0 radical (unpaired) electrons. The Morgan fingerprint density at radius 1 is 1.39 bits per heavy atom. The fourth-order valence-corrected chi connectivity index (χ4v) is 2.12. The Balaban J connectivity index is 1.78. The van der Waals surface area contributed by atoms with Crippen LogP contribution in [0.25, 0.3) is 0 Å². The summed E-state index contributed by atoms with van der Waals surface area (Å²) in [4.78, 5) is 15.6. The zero-order valence-electron chi connectivity index (χ0n) is 10.9. The molecule has 0 bridgehead atoms. The third-order valence-electron chi connectivity index (χ3n) is 3.25. The van der Waals surface area contributed by atoms with Crippen LogP contribution in [0.2, 0.25) is 0 Å². The fraction of sp³-hybridized carbons (Fsp3) is 0.727. The number of hydrogen-bond donors (Lipinski definition) is 0. The lowest BCUT2D eigenvalue weighted by Gasteiger charge is -2.35. The van der Waals surface area contributed by atoms with Crippen LogP contribution in [0.1, 0.15) is 6.42 Å². The highest BCUT2D eigenvalue weighted by Crippen LogP contribution is 2.13. The Morgan fingerprint density at radius 3 is 2.67 bits per heavy atom. The Bertz CT molecular complexity index is 398. The van der Waals surface area contributed by atoms with Crippen molar-refractivity contribution in [2.45, 2.75) is 6.42 Å². The summed E-state index contributed by atoms with van der Waals surface area (Å²) in [5, 5.41) is 7.81. The molecule has 2 rings (SSSR count). The highest BCUT2D eigenvalue weighted by atomic mass is 16.5. The van der Waals surface area contributed by atoms with Gasteiger partial charge in [0.15, 0.2) is 0 Å². The molecule has 0 saturated carbocycles. The van der Waals surface area contributed by atoms with E-state index in [4.69, 9.17) is 0 Å². The maximum Gasteiger partial charge on any atom is 0.306 e. The van der Waals surface area contributed by atoms with E-state index in [0.29, 0.717) is 6.42 Å². The second-order valence-corrected chi connectivity index (χ2v) is 4.37. The molecule has 1 aliphatic rings. The molecule has 1 aromatic heterocycles. The molecule has 18 heavy (non-hydrogen) atoms. The van der Waals surface area contributed by atoms with Gasteiger partial charge in [-0.2, -0.15) is 0 Å². The zero-order valence-corrected chi connectivity index (χ0v) is 10.9. The predicted octanol–water partition coefficient (Wildman–Crippen LogP) is -0.500. The summed E-state index contributed by atoms with van der Waals surface area (Å²) in [6, 6.07) is 0. The van der Waals surface area contributed by atoms with Gasteiger partial charge in [-0.3, -0.25) is 9.69 Å². The van der Waals surface area contributed by atoms with Crippen molar-refractivity contribution in [3.05, 3.63) is 6.20 Å². The molecule has 7 heteroatoms. The number of hydrogen-bond acceptors (Lipinski definition) is 6. The molecular weight excluding hydrogens is 234 g/mol. The number of anilines is 1. The first-order chi connectivity index (χ1) is 8.70. The summed E-state index contributed by atoms with van der Waals surface area (Å²) in [6.07, 6.45) is 2.24. The van der Waals surface area contributed by atoms with Gasteiger partial charge in [0.1, 0.15) is 5.82 Å². The minimum atomic E-state index is -0.145. The quantitative estimate of drug-likeness (QED) is 0.674. The number of methoxy groups -OCH3 is 1. The highest BCUT2D eigenvalue weighted by Gasteiger charge is 2.19. The van der Waals surface area contributed by atoms with Crippen molar-refractivity contribution in [1.82, 2.24) is 19.9 Å². The molecule has 0 N–H and O–H groups in total. The Kier molecular flexibility index (Phi) is 4.14. The molecule has 100 valence electrons. The van der Waals surface area contributed by atoms with E-state index in [-0.39, 0.29) is 5.97 Å². The van der Waals surface area contributed by atoms with Crippen LogP contribution < -0.4 is 4.90 Å². The number of esters is 1. The van der Waals surface area contributed by atoms with Gasteiger partial charge < -0.3 is 9.64 Å². The monoisotopic (exact) mass is 253 g/mol. The normalized spacial score (nSPS) is 16.9. The van der Waals surface area contributed by atoms with Gasteiger partial charge in [0.05, 0.1) is 19.7 Å². The molecule has 0 amide bonds. The largest absolute Gasteiger partial charge is 0.469 e. The third kappa shape index (κ3) is 2.98. The number of piperazine rings is 1. The zero-order chi connectivity index (χ0) is 13.0. The maximum absolute atomic E-state index is 11.1. The highest BCUT2D eigenvalue weighted by molar-refractivity contribution is 5.69. The number of aryl methyl sites for hydroxylation is 1. The topological polar surface area (TPSA) is 63.5 Å².